The molecule has 3 rings (SSSR count). The number of ether oxygens (including phenoxy) is 1. The highest BCUT2D eigenvalue weighted by atomic mass is 16.5. The smallest absolute Gasteiger partial charge is 0.377 e. The lowest BCUT2D eigenvalue weighted by Crippen LogP contribution is -2.64. The number of amides is 3. The van der Waals surface area contributed by atoms with E-state index in [9.17, 15) is 24.0 Å². The maximum atomic E-state index is 14.5. The van der Waals surface area contributed by atoms with E-state index < -0.39 is 47.2 Å². The van der Waals surface area contributed by atoms with E-state index in [-0.39, 0.29) is 23.9 Å². The summed E-state index contributed by atoms with van der Waals surface area (Å²) < 4.78 is 5.23. The normalized spacial score (nSPS) is 16.3. The van der Waals surface area contributed by atoms with Gasteiger partial charge in [0, 0.05) is 30.5 Å². The molecule has 1 unspecified atom stereocenters. The van der Waals surface area contributed by atoms with Crippen LogP contribution in [-0.4, -0.2) is 62.6 Å². The molecular weight excluding hydrogens is 534 g/mol. The third kappa shape index (κ3) is 7.13. The van der Waals surface area contributed by atoms with E-state index in [2.05, 4.69) is 0 Å². The molecule has 224 valence electrons. The quantitative estimate of drug-likeness (QED) is 0.319. The second kappa shape index (κ2) is 13.1. The van der Waals surface area contributed by atoms with Gasteiger partial charge in [-0.1, -0.05) is 95.3 Å². The second-order valence-corrected chi connectivity index (χ2v) is 12.1. The van der Waals surface area contributed by atoms with Crippen molar-refractivity contribution in [2.75, 3.05) is 0 Å². The van der Waals surface area contributed by atoms with E-state index in [1.165, 1.54) is 16.8 Å². The van der Waals surface area contributed by atoms with Crippen LogP contribution < -0.4 is 0 Å². The molecule has 2 atom stereocenters. The van der Waals surface area contributed by atoms with Gasteiger partial charge in [0.15, 0.2) is 0 Å². The van der Waals surface area contributed by atoms with Crippen molar-refractivity contribution in [3.63, 3.8) is 0 Å². The number of esters is 1. The summed E-state index contributed by atoms with van der Waals surface area (Å²) in [6.45, 7) is 13.4. The lowest BCUT2D eigenvalue weighted by molar-refractivity contribution is -0.173. The molecule has 0 bridgehead atoms. The molecule has 0 aliphatic carbocycles. The average molecular weight is 576 g/mol. The van der Waals surface area contributed by atoms with Gasteiger partial charge in [0.05, 0.1) is 11.8 Å². The monoisotopic (exact) mass is 575 g/mol. The predicted molar refractivity (Wildman–Crippen MR) is 159 cm³/mol. The molecule has 1 aliphatic heterocycles. The number of hydrogen-bond donors (Lipinski definition) is 0. The lowest BCUT2D eigenvalue weighted by atomic mass is 9.90. The Labute approximate surface area is 248 Å². The molecule has 0 fully saturated rings. The van der Waals surface area contributed by atoms with Crippen LogP contribution in [0.4, 0.5) is 0 Å². The summed E-state index contributed by atoms with van der Waals surface area (Å²) in [5, 5.41) is 2.22. The molecule has 0 radical (unpaired) electrons. The average Bonchev–Trinajstić information content (AvgIpc) is 2.92. The number of carbonyl (C=O) groups is 5. The number of ketones is 1. The first kappa shape index (κ1) is 32.2. The first-order valence-corrected chi connectivity index (χ1v) is 14.2. The van der Waals surface area contributed by atoms with Crippen LogP contribution in [-0.2, 0) is 35.1 Å². The number of rotatable bonds is 9. The molecule has 0 saturated heterocycles. The van der Waals surface area contributed by atoms with Gasteiger partial charge in [0.25, 0.3) is 11.7 Å². The Morgan fingerprint density at radius 2 is 1.45 bits per heavy atom. The fourth-order valence-corrected chi connectivity index (χ4v) is 4.87. The maximum absolute atomic E-state index is 14.5. The largest absolute Gasteiger partial charge is 0.457 e. The van der Waals surface area contributed by atoms with Crippen molar-refractivity contribution in [1.29, 1.82) is 0 Å². The van der Waals surface area contributed by atoms with Gasteiger partial charge in [-0.05, 0) is 25.3 Å². The highest BCUT2D eigenvalue weighted by molar-refractivity contribution is 6.36. The van der Waals surface area contributed by atoms with Gasteiger partial charge < -0.3 is 9.64 Å². The molecule has 42 heavy (non-hydrogen) atoms. The Hall–Kier alpha value is -4.27. The van der Waals surface area contributed by atoms with Gasteiger partial charge in [-0.3, -0.25) is 19.2 Å². The SMILES string of the molecule is CC(=O)N([C@@H](Cc1ccccc1)C(=O)C(=O)OC(C)C)N1C(=O)C(C(C)C)N(C(=O)C(C)(C)C)C=C1c1ccccc1. The number of hydrogen-bond acceptors (Lipinski definition) is 6. The molecular formula is C33H41N3O6. The van der Waals surface area contributed by atoms with E-state index in [1.54, 1.807) is 95.4 Å². The zero-order chi connectivity index (χ0) is 31.4. The molecule has 0 saturated carbocycles. The van der Waals surface area contributed by atoms with Crippen molar-refractivity contribution in [2.45, 2.75) is 80.0 Å². The maximum Gasteiger partial charge on any atom is 0.377 e. The zero-order valence-electron chi connectivity index (χ0n) is 25.7. The van der Waals surface area contributed by atoms with Crippen LogP contribution in [0.3, 0.4) is 0 Å². The minimum absolute atomic E-state index is 0.0463. The predicted octanol–water partition coefficient (Wildman–Crippen LogP) is 4.62. The van der Waals surface area contributed by atoms with Gasteiger partial charge in [-0.25, -0.2) is 14.8 Å². The Morgan fingerprint density at radius 3 is 1.93 bits per heavy atom. The Balaban J connectivity index is 2.30. The Bertz CT molecular complexity index is 1340. The van der Waals surface area contributed by atoms with Crippen LogP contribution >= 0.6 is 0 Å². The minimum atomic E-state index is -1.40. The van der Waals surface area contributed by atoms with E-state index >= 15 is 0 Å². The second-order valence-electron chi connectivity index (χ2n) is 12.1. The Morgan fingerprint density at radius 1 is 0.905 bits per heavy atom. The molecule has 1 aliphatic rings. The molecule has 2 aromatic carbocycles. The van der Waals surface area contributed by atoms with Crippen LogP contribution in [0.25, 0.3) is 5.70 Å². The number of Topliss-reactive ketones (excluding diaryl/α,β-unsaturated/α-hetero) is 1. The summed E-state index contributed by atoms with van der Waals surface area (Å²) >= 11 is 0. The van der Waals surface area contributed by atoms with E-state index in [0.717, 1.165) is 5.01 Å². The topological polar surface area (TPSA) is 104 Å². The zero-order valence-corrected chi connectivity index (χ0v) is 25.7. The van der Waals surface area contributed by atoms with Crippen LogP contribution in [0.2, 0.25) is 0 Å². The summed E-state index contributed by atoms with van der Waals surface area (Å²) in [5.74, 6) is -3.87. The molecule has 0 N–H and O–H groups in total. The highest BCUT2D eigenvalue weighted by Gasteiger charge is 2.48. The third-order valence-corrected chi connectivity index (χ3v) is 6.78. The summed E-state index contributed by atoms with van der Waals surface area (Å²) in [5.41, 5.74) is 0.648. The molecule has 0 aromatic heterocycles. The first-order chi connectivity index (χ1) is 19.6. The summed E-state index contributed by atoms with van der Waals surface area (Å²) in [6.07, 6.45) is 0.958. The van der Waals surface area contributed by atoms with E-state index in [0.29, 0.717) is 11.1 Å². The number of hydrazine groups is 1. The fourth-order valence-electron chi connectivity index (χ4n) is 4.87. The van der Waals surface area contributed by atoms with Crippen molar-refractivity contribution in [3.05, 3.63) is 78.0 Å². The molecule has 2 aromatic rings. The van der Waals surface area contributed by atoms with Gasteiger partial charge in [0.1, 0.15) is 12.1 Å². The van der Waals surface area contributed by atoms with Gasteiger partial charge in [-0.15, -0.1) is 0 Å². The molecule has 1 heterocycles. The van der Waals surface area contributed by atoms with E-state index in [1.807, 2.05) is 19.9 Å². The highest BCUT2D eigenvalue weighted by Crippen LogP contribution is 2.35. The Kier molecular flexibility index (Phi) is 10.1. The molecule has 0 spiro atoms. The van der Waals surface area contributed by atoms with Crippen molar-refractivity contribution in [1.82, 2.24) is 14.9 Å². The van der Waals surface area contributed by atoms with Gasteiger partial charge >= 0.3 is 5.97 Å². The van der Waals surface area contributed by atoms with Crippen LogP contribution in [0, 0.1) is 11.3 Å². The lowest BCUT2D eigenvalue weighted by Gasteiger charge is -2.47. The van der Waals surface area contributed by atoms with Crippen molar-refractivity contribution < 1.29 is 28.7 Å². The van der Waals surface area contributed by atoms with Crippen LogP contribution in [0.15, 0.2) is 66.9 Å². The first-order valence-electron chi connectivity index (χ1n) is 14.2. The number of carbonyl (C=O) groups excluding carboxylic acids is 5. The third-order valence-electron chi connectivity index (χ3n) is 6.78. The van der Waals surface area contributed by atoms with Crippen LogP contribution in [0.1, 0.15) is 66.5 Å². The minimum Gasteiger partial charge on any atom is -0.457 e. The molecule has 3 amide bonds. The van der Waals surface area contributed by atoms with Gasteiger partial charge in [0.2, 0.25) is 11.8 Å². The van der Waals surface area contributed by atoms with Crippen molar-refractivity contribution >= 4 is 35.2 Å². The molecule has 9 heteroatoms. The fraction of sp³-hybridized carbons (Fsp3) is 0.424. The standard InChI is InChI=1S/C33H41N3O6/c1-21(2)28-30(39)36(27(25-17-13-10-14-18-25)20-34(28)32(41)33(6,7)8)35(23(5)37)26(19-24-15-11-9-12-16-24)29(38)31(40)42-22(3)4/h9-18,20-22,26,28H,19H2,1-8H3/t26-,28?/m0/s1. The van der Waals surface area contributed by atoms with Crippen LogP contribution in [0.5, 0.6) is 0 Å². The van der Waals surface area contributed by atoms with Gasteiger partial charge in [-0.2, -0.15) is 0 Å². The number of benzene rings is 2. The summed E-state index contributed by atoms with van der Waals surface area (Å²) in [6, 6.07) is 15.4. The summed E-state index contributed by atoms with van der Waals surface area (Å²) in [7, 11) is 0. The van der Waals surface area contributed by atoms with E-state index in [4.69, 9.17) is 4.74 Å². The number of nitrogens with zero attached hydrogens (tertiary/aromatic N) is 3. The van der Waals surface area contributed by atoms with Crippen molar-refractivity contribution in [3.8, 4) is 0 Å². The molecule has 9 nitrogen and oxygen atoms in total. The van der Waals surface area contributed by atoms with Crippen molar-refractivity contribution in [2.24, 2.45) is 11.3 Å². The summed E-state index contributed by atoms with van der Waals surface area (Å²) in [4.78, 5) is 69.9.